The number of morpholine rings is 1. The van der Waals surface area contributed by atoms with Gasteiger partial charge in [-0.15, -0.1) is 0 Å². The Morgan fingerprint density at radius 1 is 1.06 bits per heavy atom. The van der Waals surface area contributed by atoms with E-state index in [9.17, 15) is 22.8 Å². The zero-order valence-corrected chi connectivity index (χ0v) is 18.9. The van der Waals surface area contributed by atoms with Gasteiger partial charge in [0.15, 0.2) is 0 Å². The van der Waals surface area contributed by atoms with E-state index in [2.05, 4.69) is 5.32 Å². The van der Waals surface area contributed by atoms with Crippen molar-refractivity contribution in [1.82, 2.24) is 9.21 Å². The second-order valence-electron chi connectivity index (χ2n) is 7.57. The number of imide groups is 1. The monoisotopic (exact) mass is 473 g/mol. The molecule has 1 fully saturated rings. The number of carbonyl (C=O) groups excluding carboxylic acids is 3. The molecular formula is C22H23N3O7S. The van der Waals surface area contributed by atoms with Crippen LogP contribution in [-0.4, -0.2) is 74.8 Å². The normalized spacial score (nSPS) is 17.6. The summed E-state index contributed by atoms with van der Waals surface area (Å²) < 4.78 is 38.0. The van der Waals surface area contributed by atoms with Crippen molar-refractivity contribution in [2.45, 2.75) is 17.9 Å². The minimum atomic E-state index is -3.89. The second kappa shape index (κ2) is 8.93. The molecule has 174 valence electrons. The molecule has 0 unspecified atom stereocenters. The average molecular weight is 474 g/mol. The van der Waals surface area contributed by atoms with E-state index in [4.69, 9.17) is 9.47 Å². The standard InChI is InChI=1S/C22H23N3O7S/c1-14(25-21(27)16-5-3-4-6-17(16)22(25)28)20(26)23-15-7-8-18(31-2)19(13-15)33(29,30)24-9-11-32-12-10-24/h3-8,13-14H,9-12H2,1-2H3,(H,23,26)/t14-/m1/s1. The summed E-state index contributed by atoms with van der Waals surface area (Å²) in [4.78, 5) is 39.0. The number of hydrogen-bond donors (Lipinski definition) is 1. The molecule has 11 heteroatoms. The third-order valence-electron chi connectivity index (χ3n) is 5.61. The molecule has 0 saturated carbocycles. The van der Waals surface area contributed by atoms with Crippen LogP contribution in [-0.2, 0) is 19.6 Å². The van der Waals surface area contributed by atoms with Crippen LogP contribution < -0.4 is 10.1 Å². The van der Waals surface area contributed by atoms with E-state index in [1.165, 1.54) is 48.7 Å². The molecule has 0 aromatic heterocycles. The fourth-order valence-corrected chi connectivity index (χ4v) is 5.40. The number of methoxy groups -OCH3 is 1. The minimum Gasteiger partial charge on any atom is -0.495 e. The molecule has 0 aliphatic carbocycles. The van der Waals surface area contributed by atoms with Crippen LogP contribution in [0.25, 0.3) is 0 Å². The molecule has 0 spiro atoms. The summed E-state index contributed by atoms with van der Waals surface area (Å²) in [5, 5.41) is 2.60. The van der Waals surface area contributed by atoms with Gasteiger partial charge in [-0.1, -0.05) is 12.1 Å². The predicted octanol–water partition coefficient (Wildman–Crippen LogP) is 1.34. The van der Waals surface area contributed by atoms with Crippen LogP contribution in [0, 0.1) is 0 Å². The van der Waals surface area contributed by atoms with Crippen LogP contribution in [0.3, 0.4) is 0 Å². The number of hydrogen-bond acceptors (Lipinski definition) is 7. The Balaban J connectivity index is 1.57. The van der Waals surface area contributed by atoms with Crippen molar-refractivity contribution in [3.63, 3.8) is 0 Å². The van der Waals surface area contributed by atoms with Gasteiger partial charge in [-0.25, -0.2) is 8.42 Å². The molecule has 2 aliphatic rings. The molecule has 2 aromatic rings. The molecule has 4 rings (SSSR count). The number of anilines is 1. The zero-order valence-electron chi connectivity index (χ0n) is 18.1. The Kier molecular flexibility index (Phi) is 6.19. The first-order chi connectivity index (χ1) is 15.8. The third-order valence-corrected chi connectivity index (χ3v) is 7.53. The predicted molar refractivity (Wildman–Crippen MR) is 118 cm³/mol. The van der Waals surface area contributed by atoms with Gasteiger partial charge in [-0.05, 0) is 37.3 Å². The molecule has 2 heterocycles. The van der Waals surface area contributed by atoms with Crippen molar-refractivity contribution >= 4 is 33.4 Å². The SMILES string of the molecule is COc1ccc(NC(=O)[C@@H](C)N2C(=O)c3ccccc3C2=O)cc1S(=O)(=O)N1CCOCC1. The number of carbonyl (C=O) groups is 3. The first-order valence-electron chi connectivity index (χ1n) is 10.3. The highest BCUT2D eigenvalue weighted by Gasteiger charge is 2.40. The summed E-state index contributed by atoms with van der Waals surface area (Å²) in [7, 11) is -2.54. The van der Waals surface area contributed by atoms with Gasteiger partial charge >= 0.3 is 0 Å². The number of rotatable bonds is 6. The van der Waals surface area contributed by atoms with Crippen LogP contribution in [0.5, 0.6) is 5.75 Å². The van der Waals surface area contributed by atoms with Crippen molar-refractivity contribution in [2.75, 3.05) is 38.7 Å². The summed E-state index contributed by atoms with van der Waals surface area (Å²) in [6, 6.07) is 9.48. The van der Waals surface area contributed by atoms with E-state index in [-0.39, 0.29) is 53.8 Å². The molecule has 0 bridgehead atoms. The Hall–Kier alpha value is -3.28. The number of nitrogens with one attached hydrogen (secondary N) is 1. The van der Waals surface area contributed by atoms with Crippen molar-refractivity contribution in [3.05, 3.63) is 53.6 Å². The van der Waals surface area contributed by atoms with E-state index in [1.54, 1.807) is 12.1 Å². The highest BCUT2D eigenvalue weighted by molar-refractivity contribution is 7.89. The highest BCUT2D eigenvalue weighted by Crippen LogP contribution is 2.31. The van der Waals surface area contributed by atoms with Crippen molar-refractivity contribution in [1.29, 1.82) is 0 Å². The van der Waals surface area contributed by atoms with Crippen molar-refractivity contribution in [2.24, 2.45) is 0 Å². The lowest BCUT2D eigenvalue weighted by Crippen LogP contribution is -2.45. The largest absolute Gasteiger partial charge is 0.495 e. The van der Waals surface area contributed by atoms with Crippen LogP contribution in [0.2, 0.25) is 0 Å². The molecule has 2 aromatic carbocycles. The lowest BCUT2D eigenvalue weighted by atomic mass is 10.1. The maximum atomic E-state index is 13.1. The first-order valence-corrected chi connectivity index (χ1v) is 11.7. The van der Waals surface area contributed by atoms with Gasteiger partial charge < -0.3 is 14.8 Å². The summed E-state index contributed by atoms with van der Waals surface area (Å²) in [5.41, 5.74) is 0.673. The molecule has 10 nitrogen and oxygen atoms in total. The summed E-state index contributed by atoms with van der Waals surface area (Å²) in [5.74, 6) is -1.61. The van der Waals surface area contributed by atoms with Crippen LogP contribution in [0.4, 0.5) is 5.69 Å². The zero-order chi connectivity index (χ0) is 23.8. The van der Waals surface area contributed by atoms with Gasteiger partial charge in [0.2, 0.25) is 15.9 Å². The fourth-order valence-electron chi connectivity index (χ4n) is 3.81. The van der Waals surface area contributed by atoms with Gasteiger partial charge in [-0.2, -0.15) is 4.31 Å². The van der Waals surface area contributed by atoms with Crippen LogP contribution in [0.15, 0.2) is 47.4 Å². The van der Waals surface area contributed by atoms with E-state index < -0.39 is 33.8 Å². The van der Waals surface area contributed by atoms with E-state index >= 15 is 0 Å². The quantitative estimate of drug-likeness (QED) is 0.628. The maximum Gasteiger partial charge on any atom is 0.262 e. The minimum absolute atomic E-state index is 0.0990. The lowest BCUT2D eigenvalue weighted by Gasteiger charge is -2.27. The van der Waals surface area contributed by atoms with E-state index in [0.29, 0.717) is 0 Å². The highest BCUT2D eigenvalue weighted by atomic mass is 32.2. The molecule has 33 heavy (non-hydrogen) atoms. The average Bonchev–Trinajstić information content (AvgIpc) is 3.09. The Labute approximate surface area is 191 Å². The topological polar surface area (TPSA) is 122 Å². The lowest BCUT2D eigenvalue weighted by molar-refractivity contribution is -0.119. The molecule has 2 aliphatic heterocycles. The van der Waals surface area contributed by atoms with Crippen LogP contribution in [0.1, 0.15) is 27.6 Å². The number of nitrogens with zero attached hydrogens (tertiary/aromatic N) is 2. The van der Waals surface area contributed by atoms with E-state index in [0.717, 1.165) is 4.90 Å². The summed E-state index contributed by atoms with van der Waals surface area (Å²) in [6.07, 6.45) is 0. The summed E-state index contributed by atoms with van der Waals surface area (Å²) >= 11 is 0. The molecule has 1 atom stereocenters. The van der Waals surface area contributed by atoms with Gasteiger partial charge in [0.25, 0.3) is 11.8 Å². The Bertz CT molecular complexity index is 1190. The van der Waals surface area contributed by atoms with Crippen molar-refractivity contribution < 1.29 is 32.3 Å². The van der Waals surface area contributed by atoms with Gasteiger partial charge in [0.1, 0.15) is 16.7 Å². The van der Waals surface area contributed by atoms with Gasteiger partial charge in [-0.3, -0.25) is 19.3 Å². The molecule has 1 N–H and O–H groups in total. The van der Waals surface area contributed by atoms with Crippen LogP contribution >= 0.6 is 0 Å². The van der Waals surface area contributed by atoms with Gasteiger partial charge in [0.05, 0.1) is 31.5 Å². The molecular weight excluding hydrogens is 450 g/mol. The Morgan fingerprint density at radius 2 is 1.67 bits per heavy atom. The third kappa shape index (κ3) is 4.10. The number of sulfonamides is 1. The Morgan fingerprint density at radius 3 is 2.24 bits per heavy atom. The number of benzene rings is 2. The van der Waals surface area contributed by atoms with E-state index in [1.807, 2.05) is 0 Å². The summed E-state index contributed by atoms with van der Waals surface area (Å²) in [6.45, 7) is 2.43. The number of ether oxygens (including phenoxy) is 2. The first kappa shape index (κ1) is 22.9. The molecule has 1 saturated heterocycles. The van der Waals surface area contributed by atoms with Crippen molar-refractivity contribution in [3.8, 4) is 5.75 Å². The molecule has 3 amide bonds. The maximum absolute atomic E-state index is 13.1. The van der Waals surface area contributed by atoms with Gasteiger partial charge in [0, 0.05) is 18.8 Å². The molecule has 0 radical (unpaired) electrons. The number of amides is 3. The smallest absolute Gasteiger partial charge is 0.262 e. The number of fused-ring (bicyclic) bond motifs is 1. The fraction of sp³-hybridized carbons (Fsp3) is 0.318. The second-order valence-corrected chi connectivity index (χ2v) is 9.48.